The molecular formula is C42H62. The van der Waals surface area contributed by atoms with Gasteiger partial charge in [-0.3, -0.25) is 0 Å². The number of benzene rings is 2. The standard InChI is InChI=1S/C42H62/c1-6-9-12-15-17-20-27-42(28-21-18-16-13-10-7-2)40-29-33(4)23-25-38(40)39-26-24-36(32-41(39)42)37-30-34(5)35(31-37)22-19-14-11-8-3/h23-26,29,31-32H,6-22,27-28,30H2,1-5H3. The molecule has 0 heteroatoms. The van der Waals surface area contributed by atoms with E-state index in [1.165, 1.54) is 144 Å². The minimum atomic E-state index is 0.173. The van der Waals surface area contributed by atoms with Gasteiger partial charge in [0.15, 0.2) is 0 Å². The average molecular weight is 567 g/mol. The second kappa shape index (κ2) is 16.7. The molecule has 230 valence electrons. The molecule has 0 nitrogen and oxygen atoms in total. The number of fused-ring (bicyclic) bond motifs is 3. The number of unbranched alkanes of at least 4 members (excludes halogenated alkanes) is 13. The zero-order chi connectivity index (χ0) is 29.8. The number of rotatable bonds is 20. The van der Waals surface area contributed by atoms with Gasteiger partial charge in [0.2, 0.25) is 0 Å². The molecule has 0 saturated heterocycles. The summed E-state index contributed by atoms with van der Waals surface area (Å²) in [5.74, 6) is 0. The summed E-state index contributed by atoms with van der Waals surface area (Å²) in [7, 11) is 0. The Morgan fingerprint density at radius 1 is 0.571 bits per heavy atom. The van der Waals surface area contributed by atoms with Crippen LogP contribution in [-0.2, 0) is 5.41 Å². The third kappa shape index (κ3) is 8.09. The minimum Gasteiger partial charge on any atom is -0.0657 e. The first-order valence-electron chi connectivity index (χ1n) is 18.2. The molecule has 2 aromatic rings. The molecule has 2 aromatic carbocycles. The normalized spacial score (nSPS) is 15.3. The maximum absolute atomic E-state index is 2.66. The highest BCUT2D eigenvalue weighted by Gasteiger charge is 2.42. The van der Waals surface area contributed by atoms with Crippen molar-refractivity contribution in [2.45, 2.75) is 168 Å². The van der Waals surface area contributed by atoms with E-state index in [9.17, 15) is 0 Å². The summed E-state index contributed by atoms with van der Waals surface area (Å²) in [6.07, 6.45) is 29.4. The first kappa shape index (κ1) is 32.8. The molecule has 0 unspecified atom stereocenters. The zero-order valence-corrected chi connectivity index (χ0v) is 28.2. The second-order valence-corrected chi connectivity index (χ2v) is 13.9. The smallest absolute Gasteiger partial charge is 0.0215 e. The van der Waals surface area contributed by atoms with E-state index >= 15 is 0 Å². The van der Waals surface area contributed by atoms with Gasteiger partial charge >= 0.3 is 0 Å². The predicted molar refractivity (Wildman–Crippen MR) is 187 cm³/mol. The number of hydrogen-bond donors (Lipinski definition) is 0. The van der Waals surface area contributed by atoms with E-state index in [1.807, 2.05) is 0 Å². The quantitative estimate of drug-likeness (QED) is 0.140. The van der Waals surface area contributed by atoms with E-state index in [0.717, 1.165) is 6.42 Å². The fraction of sp³-hybridized carbons (Fsp3) is 0.619. The monoisotopic (exact) mass is 566 g/mol. The molecule has 0 fully saturated rings. The Morgan fingerprint density at radius 2 is 1.10 bits per heavy atom. The maximum Gasteiger partial charge on any atom is 0.0215 e. The van der Waals surface area contributed by atoms with Gasteiger partial charge in [0.05, 0.1) is 0 Å². The highest BCUT2D eigenvalue weighted by Crippen LogP contribution is 2.55. The Morgan fingerprint density at radius 3 is 1.71 bits per heavy atom. The highest BCUT2D eigenvalue weighted by molar-refractivity contribution is 5.84. The van der Waals surface area contributed by atoms with Crippen LogP contribution < -0.4 is 0 Å². The zero-order valence-electron chi connectivity index (χ0n) is 28.2. The number of aryl methyl sites for hydroxylation is 1. The molecule has 0 aromatic heterocycles. The molecule has 0 N–H and O–H groups in total. The largest absolute Gasteiger partial charge is 0.0657 e. The lowest BCUT2D eigenvalue weighted by molar-refractivity contribution is 0.397. The Bertz CT molecular complexity index is 1170. The molecule has 4 rings (SSSR count). The first-order valence-corrected chi connectivity index (χ1v) is 18.2. The van der Waals surface area contributed by atoms with Gasteiger partial charge in [-0.25, -0.2) is 0 Å². The predicted octanol–water partition coefficient (Wildman–Crippen LogP) is 13.8. The second-order valence-electron chi connectivity index (χ2n) is 13.9. The Balaban J connectivity index is 1.63. The topological polar surface area (TPSA) is 0 Å². The van der Waals surface area contributed by atoms with E-state index in [-0.39, 0.29) is 5.41 Å². The van der Waals surface area contributed by atoms with Crippen molar-refractivity contribution in [3.63, 3.8) is 0 Å². The summed E-state index contributed by atoms with van der Waals surface area (Å²) in [6, 6.07) is 15.0. The van der Waals surface area contributed by atoms with Crippen molar-refractivity contribution in [2.24, 2.45) is 0 Å². The fourth-order valence-electron chi connectivity index (χ4n) is 7.88. The van der Waals surface area contributed by atoms with Gasteiger partial charge < -0.3 is 0 Å². The van der Waals surface area contributed by atoms with Gasteiger partial charge in [-0.2, -0.15) is 0 Å². The third-order valence-corrected chi connectivity index (χ3v) is 10.5. The van der Waals surface area contributed by atoms with Gasteiger partial charge in [0, 0.05) is 5.41 Å². The molecule has 0 bridgehead atoms. The number of allylic oxidation sites excluding steroid dienone is 4. The van der Waals surface area contributed by atoms with Gasteiger partial charge in [0.25, 0.3) is 0 Å². The first-order chi connectivity index (χ1) is 20.5. The van der Waals surface area contributed by atoms with Crippen LogP contribution >= 0.6 is 0 Å². The highest BCUT2D eigenvalue weighted by atomic mass is 14.5. The van der Waals surface area contributed by atoms with E-state index in [1.54, 1.807) is 27.8 Å². The molecular weight excluding hydrogens is 504 g/mol. The van der Waals surface area contributed by atoms with E-state index in [2.05, 4.69) is 77.1 Å². The molecule has 0 amide bonds. The molecule has 2 aliphatic carbocycles. The summed E-state index contributed by atoms with van der Waals surface area (Å²) in [5, 5.41) is 0. The molecule has 0 radical (unpaired) electrons. The van der Waals surface area contributed by atoms with E-state index < -0.39 is 0 Å². The van der Waals surface area contributed by atoms with Gasteiger partial charge in [0.1, 0.15) is 0 Å². The molecule has 0 atom stereocenters. The van der Waals surface area contributed by atoms with Crippen molar-refractivity contribution in [3.05, 3.63) is 75.9 Å². The van der Waals surface area contributed by atoms with Crippen LogP contribution in [0.4, 0.5) is 0 Å². The van der Waals surface area contributed by atoms with Crippen LogP contribution in [0.1, 0.15) is 178 Å². The Hall–Kier alpha value is -2.08. The summed E-state index contributed by atoms with van der Waals surface area (Å²) < 4.78 is 0. The van der Waals surface area contributed by atoms with Crippen LogP contribution in [0.3, 0.4) is 0 Å². The van der Waals surface area contributed by atoms with Crippen molar-refractivity contribution >= 4 is 5.57 Å². The molecule has 0 spiro atoms. The molecule has 2 aliphatic rings. The molecule has 0 heterocycles. The van der Waals surface area contributed by atoms with Crippen molar-refractivity contribution in [1.82, 2.24) is 0 Å². The lowest BCUT2D eigenvalue weighted by Gasteiger charge is -2.33. The lowest BCUT2D eigenvalue weighted by Crippen LogP contribution is -2.26. The summed E-state index contributed by atoms with van der Waals surface area (Å²) in [5.41, 5.74) is 14.2. The maximum atomic E-state index is 2.66. The molecule has 0 aliphatic heterocycles. The molecule has 42 heavy (non-hydrogen) atoms. The van der Waals surface area contributed by atoms with Gasteiger partial charge in [-0.1, -0.05) is 165 Å². The van der Waals surface area contributed by atoms with E-state index in [0.29, 0.717) is 0 Å². The summed E-state index contributed by atoms with van der Waals surface area (Å²) >= 11 is 0. The van der Waals surface area contributed by atoms with Crippen molar-refractivity contribution in [3.8, 4) is 11.1 Å². The SMILES string of the molecule is CCCCCCCCC1(CCCCCCCC)c2cc(C)ccc2-c2ccc(C3=CC(CCCCCC)=C(C)C3)cc21. The van der Waals surface area contributed by atoms with Gasteiger partial charge in [-0.05, 0) is 91.0 Å². The van der Waals surface area contributed by atoms with Crippen LogP contribution in [-0.4, -0.2) is 0 Å². The van der Waals surface area contributed by atoms with Crippen LogP contribution in [0, 0.1) is 6.92 Å². The number of hydrogen-bond acceptors (Lipinski definition) is 0. The molecule has 0 saturated carbocycles. The van der Waals surface area contributed by atoms with E-state index in [4.69, 9.17) is 0 Å². The minimum absolute atomic E-state index is 0.173. The van der Waals surface area contributed by atoms with Crippen LogP contribution in [0.2, 0.25) is 0 Å². The Kier molecular flexibility index (Phi) is 13.0. The van der Waals surface area contributed by atoms with Gasteiger partial charge in [-0.15, -0.1) is 0 Å². The summed E-state index contributed by atoms with van der Waals surface area (Å²) in [4.78, 5) is 0. The van der Waals surface area contributed by atoms with Crippen LogP contribution in [0.5, 0.6) is 0 Å². The fourth-order valence-corrected chi connectivity index (χ4v) is 7.88. The summed E-state index contributed by atoms with van der Waals surface area (Å²) in [6.45, 7) is 11.6. The van der Waals surface area contributed by atoms with Crippen molar-refractivity contribution in [2.75, 3.05) is 0 Å². The van der Waals surface area contributed by atoms with Crippen molar-refractivity contribution < 1.29 is 0 Å². The van der Waals surface area contributed by atoms with Crippen LogP contribution in [0.15, 0.2) is 53.6 Å². The average Bonchev–Trinajstić information content (AvgIpc) is 3.49. The Labute approximate surface area is 260 Å². The third-order valence-electron chi connectivity index (χ3n) is 10.5. The van der Waals surface area contributed by atoms with Crippen molar-refractivity contribution in [1.29, 1.82) is 0 Å². The van der Waals surface area contributed by atoms with Crippen LogP contribution in [0.25, 0.3) is 16.7 Å². The lowest BCUT2D eigenvalue weighted by atomic mass is 9.70.